The number of carbonyl (C=O) groups excluding carboxylic acids is 2. The zero-order valence-corrected chi connectivity index (χ0v) is 17.7. The van der Waals surface area contributed by atoms with Crippen LogP contribution in [0.3, 0.4) is 0 Å². The predicted octanol–water partition coefficient (Wildman–Crippen LogP) is 2.65. The van der Waals surface area contributed by atoms with Crippen molar-refractivity contribution in [2.45, 2.75) is 38.3 Å². The number of urea groups is 1. The van der Waals surface area contributed by atoms with Crippen molar-refractivity contribution >= 4 is 33.5 Å². The van der Waals surface area contributed by atoms with E-state index in [2.05, 4.69) is 40.2 Å². The zero-order valence-electron chi connectivity index (χ0n) is 16.9. The first kappa shape index (κ1) is 19.0. The van der Waals surface area contributed by atoms with Gasteiger partial charge in [0.2, 0.25) is 0 Å². The molecule has 0 spiro atoms. The van der Waals surface area contributed by atoms with E-state index < -0.39 is 5.54 Å². The highest BCUT2D eigenvalue weighted by molar-refractivity contribution is 7.18. The summed E-state index contributed by atoms with van der Waals surface area (Å²) in [6.45, 7) is 7.96. The molecule has 2 aromatic rings. The molecule has 1 aromatic heterocycles. The third-order valence-electron chi connectivity index (χ3n) is 6.66. The van der Waals surface area contributed by atoms with E-state index >= 15 is 0 Å². The Bertz CT molecular complexity index is 916. The first-order valence-corrected chi connectivity index (χ1v) is 11.2. The minimum absolute atomic E-state index is 0.0599. The van der Waals surface area contributed by atoms with Crippen LogP contribution in [0.2, 0.25) is 0 Å². The minimum Gasteiger partial charge on any atom is -0.323 e. The molecular formula is C21H27N5O2S. The number of imide groups is 1. The van der Waals surface area contributed by atoms with Crippen molar-refractivity contribution in [3.05, 3.63) is 29.3 Å². The maximum Gasteiger partial charge on any atom is 0.326 e. The number of nitrogens with one attached hydrogen (secondary N) is 1. The van der Waals surface area contributed by atoms with Gasteiger partial charge in [0, 0.05) is 26.2 Å². The molecule has 154 valence electrons. The van der Waals surface area contributed by atoms with Crippen molar-refractivity contribution in [1.82, 2.24) is 25.0 Å². The summed E-state index contributed by atoms with van der Waals surface area (Å²) in [6.07, 6.45) is 2.05. The van der Waals surface area contributed by atoms with Gasteiger partial charge in [-0.15, -0.1) is 11.3 Å². The topological polar surface area (TPSA) is 68.8 Å². The summed E-state index contributed by atoms with van der Waals surface area (Å²) in [5, 5.41) is 4.08. The molecule has 3 amide bonds. The van der Waals surface area contributed by atoms with Crippen LogP contribution < -0.4 is 5.32 Å². The second-order valence-corrected chi connectivity index (χ2v) is 9.69. The van der Waals surface area contributed by atoms with Crippen LogP contribution in [0.15, 0.2) is 24.3 Å². The highest BCUT2D eigenvalue weighted by atomic mass is 32.1. The second kappa shape index (κ2) is 7.04. The normalized spacial score (nSPS) is 27.6. The van der Waals surface area contributed by atoms with Crippen molar-refractivity contribution in [3.8, 4) is 0 Å². The summed E-state index contributed by atoms with van der Waals surface area (Å²) in [5.74, 6) is 0.241. The Balaban J connectivity index is 1.19. The van der Waals surface area contributed by atoms with Gasteiger partial charge in [-0.25, -0.2) is 14.7 Å². The maximum absolute atomic E-state index is 12.8. The lowest BCUT2D eigenvalue weighted by Gasteiger charge is -2.38. The Morgan fingerprint density at radius 1 is 1.21 bits per heavy atom. The lowest BCUT2D eigenvalue weighted by atomic mass is 9.96. The summed E-state index contributed by atoms with van der Waals surface area (Å²) in [7, 11) is 0. The van der Waals surface area contributed by atoms with E-state index in [0.717, 1.165) is 49.5 Å². The number of fused-ring (bicyclic) bond motifs is 1. The van der Waals surface area contributed by atoms with Crippen molar-refractivity contribution in [3.63, 3.8) is 0 Å². The third-order valence-corrected chi connectivity index (χ3v) is 7.87. The number of thiazole rings is 1. The zero-order chi connectivity index (χ0) is 20.2. The van der Waals surface area contributed by atoms with E-state index in [1.807, 2.05) is 13.0 Å². The van der Waals surface area contributed by atoms with Crippen LogP contribution in [0.25, 0.3) is 10.2 Å². The monoisotopic (exact) mass is 413 g/mol. The van der Waals surface area contributed by atoms with E-state index in [0.29, 0.717) is 12.6 Å². The van der Waals surface area contributed by atoms with E-state index in [1.165, 1.54) is 9.60 Å². The highest BCUT2D eigenvalue weighted by Crippen LogP contribution is 2.42. The van der Waals surface area contributed by atoms with Gasteiger partial charge in [-0.05, 0) is 44.7 Å². The number of hydrogen-bond acceptors (Lipinski definition) is 6. The summed E-state index contributed by atoms with van der Waals surface area (Å²) in [6, 6.07) is 8.29. The second-order valence-electron chi connectivity index (χ2n) is 8.63. The van der Waals surface area contributed by atoms with E-state index in [1.54, 1.807) is 11.3 Å². The number of aromatic nitrogens is 1. The van der Waals surface area contributed by atoms with Gasteiger partial charge in [0.15, 0.2) is 0 Å². The summed E-state index contributed by atoms with van der Waals surface area (Å²) < 4.78 is 1.23. The molecule has 2 aliphatic heterocycles. The molecule has 8 heteroatoms. The van der Waals surface area contributed by atoms with Gasteiger partial charge in [-0.3, -0.25) is 14.6 Å². The smallest absolute Gasteiger partial charge is 0.323 e. The van der Waals surface area contributed by atoms with Crippen LogP contribution in [0.5, 0.6) is 0 Å². The molecule has 3 heterocycles. The average Bonchev–Trinajstić information content (AvgIpc) is 3.46. The van der Waals surface area contributed by atoms with Gasteiger partial charge in [-0.1, -0.05) is 12.1 Å². The molecule has 2 saturated heterocycles. The molecule has 1 saturated carbocycles. The number of nitrogens with zero attached hydrogens (tertiary/aromatic N) is 4. The molecular weight excluding hydrogens is 386 g/mol. The minimum atomic E-state index is -0.694. The predicted molar refractivity (Wildman–Crippen MR) is 113 cm³/mol. The molecule has 3 fully saturated rings. The van der Waals surface area contributed by atoms with E-state index in [-0.39, 0.29) is 18.0 Å². The summed E-state index contributed by atoms with van der Waals surface area (Å²) in [5.41, 5.74) is 0.371. The molecule has 0 bridgehead atoms. The maximum atomic E-state index is 12.8. The lowest BCUT2D eigenvalue weighted by Crippen LogP contribution is -2.52. The Morgan fingerprint density at radius 2 is 1.93 bits per heavy atom. The fourth-order valence-electron chi connectivity index (χ4n) is 4.50. The number of hydrogen-bond donors (Lipinski definition) is 1. The number of para-hydroxylation sites is 1. The highest BCUT2D eigenvalue weighted by Gasteiger charge is 2.56. The Morgan fingerprint density at radius 3 is 2.62 bits per heavy atom. The standard InChI is InChI=1S/C21H27N5O2S/c1-14(18-22-16-5-3-4-6-17(16)29-18)25-11-9-24(10-12-25)13-26-19(27)21(2,15-7-8-15)23-20(26)28/h3-6,14-15H,7-13H2,1-2H3,(H,23,28)/t14-,21+/m0/s1. The molecule has 0 radical (unpaired) electrons. The Labute approximate surface area is 174 Å². The molecule has 2 atom stereocenters. The van der Waals surface area contributed by atoms with Crippen molar-refractivity contribution in [2.75, 3.05) is 32.8 Å². The molecule has 5 rings (SSSR count). The molecule has 1 aliphatic carbocycles. The van der Waals surface area contributed by atoms with Crippen molar-refractivity contribution in [1.29, 1.82) is 0 Å². The fourth-order valence-corrected chi connectivity index (χ4v) is 5.55. The van der Waals surface area contributed by atoms with Crippen molar-refractivity contribution < 1.29 is 9.59 Å². The number of piperazine rings is 1. The number of rotatable bonds is 5. The largest absolute Gasteiger partial charge is 0.326 e. The lowest BCUT2D eigenvalue weighted by molar-refractivity contribution is -0.133. The Hall–Kier alpha value is -2.03. The Kier molecular flexibility index (Phi) is 4.60. The molecule has 29 heavy (non-hydrogen) atoms. The van der Waals surface area contributed by atoms with Crippen LogP contribution in [-0.4, -0.2) is 70.0 Å². The average molecular weight is 414 g/mol. The van der Waals surface area contributed by atoms with Crippen LogP contribution in [0.1, 0.15) is 37.7 Å². The van der Waals surface area contributed by atoms with Gasteiger partial charge in [0.1, 0.15) is 10.5 Å². The summed E-state index contributed by atoms with van der Waals surface area (Å²) >= 11 is 1.76. The van der Waals surface area contributed by atoms with Gasteiger partial charge >= 0.3 is 6.03 Å². The molecule has 1 N–H and O–H groups in total. The number of amides is 3. The third kappa shape index (κ3) is 3.33. The summed E-state index contributed by atoms with van der Waals surface area (Å²) in [4.78, 5) is 36.1. The molecule has 1 aromatic carbocycles. The number of carbonyl (C=O) groups is 2. The van der Waals surface area contributed by atoms with Gasteiger partial charge in [-0.2, -0.15) is 0 Å². The van der Waals surface area contributed by atoms with Crippen LogP contribution in [0.4, 0.5) is 4.79 Å². The van der Waals surface area contributed by atoms with Crippen molar-refractivity contribution in [2.24, 2.45) is 5.92 Å². The SMILES string of the molecule is C[C@@H](c1nc2ccccc2s1)N1CCN(CN2C(=O)N[C@](C)(C3CC3)C2=O)CC1. The van der Waals surface area contributed by atoms with Crippen LogP contribution in [-0.2, 0) is 4.79 Å². The molecule has 7 nitrogen and oxygen atoms in total. The van der Waals surface area contributed by atoms with Gasteiger partial charge in [0.05, 0.1) is 22.9 Å². The van der Waals surface area contributed by atoms with Crippen LogP contribution in [0, 0.1) is 5.92 Å². The molecule has 3 aliphatic rings. The van der Waals surface area contributed by atoms with E-state index in [4.69, 9.17) is 4.98 Å². The fraction of sp³-hybridized carbons (Fsp3) is 0.571. The quantitative estimate of drug-likeness (QED) is 0.764. The van der Waals surface area contributed by atoms with Gasteiger partial charge in [0.25, 0.3) is 5.91 Å². The van der Waals surface area contributed by atoms with Crippen LogP contribution >= 0.6 is 11.3 Å². The van der Waals surface area contributed by atoms with Gasteiger partial charge < -0.3 is 5.32 Å². The van der Waals surface area contributed by atoms with E-state index in [9.17, 15) is 9.59 Å². The number of benzene rings is 1. The first-order chi connectivity index (χ1) is 14.0. The first-order valence-electron chi connectivity index (χ1n) is 10.4. The molecule has 0 unspecified atom stereocenters.